The molecule has 2 aliphatic heterocycles. The minimum Gasteiger partial charge on any atom is -0.375 e. The summed E-state index contributed by atoms with van der Waals surface area (Å²) in [5, 5.41) is 7.56. The summed E-state index contributed by atoms with van der Waals surface area (Å²) in [6.45, 7) is 2.06. The van der Waals surface area contributed by atoms with Gasteiger partial charge in [0.15, 0.2) is 0 Å². The Balaban J connectivity index is 1.37. The highest BCUT2D eigenvalue weighted by molar-refractivity contribution is 5.91. The molecule has 3 atom stereocenters. The number of nitrogens with zero attached hydrogens (tertiary/aromatic N) is 2. The van der Waals surface area contributed by atoms with Crippen molar-refractivity contribution < 1.29 is 9.53 Å². The molecule has 1 aliphatic carbocycles. The second-order valence-corrected chi connectivity index (χ2v) is 7.15. The van der Waals surface area contributed by atoms with E-state index in [4.69, 9.17) is 4.74 Å². The van der Waals surface area contributed by atoms with Crippen LogP contribution < -0.4 is 5.32 Å². The van der Waals surface area contributed by atoms with Crippen LogP contribution in [0.1, 0.15) is 63.1 Å². The predicted molar refractivity (Wildman–Crippen MR) is 83.7 cm³/mol. The standard InChI is InChI=1S/C17H25N3O2/c1-11-15(10-18-20(11)13-4-2-3-5-13)19-17(21)9-12-8-14-6-7-16(12)22-14/h10,12-14,16H,2-9H2,1H3,(H,19,21). The summed E-state index contributed by atoms with van der Waals surface area (Å²) < 4.78 is 7.94. The van der Waals surface area contributed by atoms with Crippen molar-refractivity contribution in [2.75, 3.05) is 5.32 Å². The topological polar surface area (TPSA) is 56.1 Å². The smallest absolute Gasteiger partial charge is 0.224 e. The van der Waals surface area contributed by atoms with Crippen molar-refractivity contribution in [3.8, 4) is 0 Å². The number of carbonyl (C=O) groups excluding carboxylic acids is 1. The molecule has 3 unspecified atom stereocenters. The van der Waals surface area contributed by atoms with Crippen LogP contribution in [0.4, 0.5) is 5.69 Å². The number of anilines is 1. The molecule has 1 N–H and O–H groups in total. The van der Waals surface area contributed by atoms with Gasteiger partial charge in [-0.2, -0.15) is 5.10 Å². The van der Waals surface area contributed by atoms with E-state index in [0.717, 1.165) is 24.2 Å². The molecule has 2 bridgehead atoms. The highest BCUT2D eigenvalue weighted by Crippen LogP contribution is 2.40. The Kier molecular flexibility index (Phi) is 3.68. The number of fused-ring (bicyclic) bond motifs is 2. The van der Waals surface area contributed by atoms with Gasteiger partial charge in [0.05, 0.1) is 35.8 Å². The van der Waals surface area contributed by atoms with Crippen molar-refractivity contribution >= 4 is 11.6 Å². The molecule has 4 rings (SSSR count). The Morgan fingerprint density at radius 3 is 2.86 bits per heavy atom. The van der Waals surface area contributed by atoms with E-state index in [1.807, 2.05) is 6.20 Å². The molecule has 0 radical (unpaired) electrons. The molecule has 1 aromatic heterocycles. The van der Waals surface area contributed by atoms with Gasteiger partial charge in [0, 0.05) is 6.42 Å². The molecule has 3 aliphatic rings. The van der Waals surface area contributed by atoms with Crippen LogP contribution in [0.15, 0.2) is 6.20 Å². The summed E-state index contributed by atoms with van der Waals surface area (Å²) in [6, 6.07) is 0.518. The molecule has 5 heteroatoms. The molecule has 3 heterocycles. The van der Waals surface area contributed by atoms with E-state index >= 15 is 0 Å². The van der Waals surface area contributed by atoms with Gasteiger partial charge in [-0.25, -0.2) is 0 Å². The van der Waals surface area contributed by atoms with Crippen LogP contribution in [-0.2, 0) is 9.53 Å². The van der Waals surface area contributed by atoms with Gasteiger partial charge in [-0.05, 0) is 44.9 Å². The maximum Gasteiger partial charge on any atom is 0.224 e. The lowest BCUT2D eigenvalue weighted by atomic mass is 9.87. The van der Waals surface area contributed by atoms with Gasteiger partial charge in [-0.3, -0.25) is 9.48 Å². The fraction of sp³-hybridized carbons (Fsp3) is 0.765. The fourth-order valence-electron chi connectivity index (χ4n) is 4.46. The average molecular weight is 303 g/mol. The molecular formula is C17H25N3O2. The fourth-order valence-corrected chi connectivity index (χ4v) is 4.46. The molecule has 1 aromatic rings. The summed E-state index contributed by atoms with van der Waals surface area (Å²) in [6.07, 6.45) is 11.5. The van der Waals surface area contributed by atoms with Gasteiger partial charge in [0.2, 0.25) is 5.91 Å². The van der Waals surface area contributed by atoms with Crippen LogP contribution >= 0.6 is 0 Å². The average Bonchev–Trinajstić information content (AvgIpc) is 3.24. The van der Waals surface area contributed by atoms with Gasteiger partial charge in [-0.1, -0.05) is 12.8 Å². The normalized spacial score (nSPS) is 31.0. The van der Waals surface area contributed by atoms with Crippen molar-refractivity contribution in [1.82, 2.24) is 9.78 Å². The Labute approximate surface area is 131 Å². The second kappa shape index (κ2) is 5.69. The first kappa shape index (κ1) is 14.2. The first-order valence-corrected chi connectivity index (χ1v) is 8.70. The van der Waals surface area contributed by atoms with E-state index in [1.165, 1.54) is 32.1 Å². The maximum atomic E-state index is 12.3. The van der Waals surface area contributed by atoms with E-state index in [0.29, 0.717) is 30.6 Å². The quantitative estimate of drug-likeness (QED) is 0.929. The van der Waals surface area contributed by atoms with Crippen LogP contribution in [0.25, 0.3) is 0 Å². The van der Waals surface area contributed by atoms with Crippen molar-refractivity contribution in [3.05, 3.63) is 11.9 Å². The lowest BCUT2D eigenvalue weighted by Gasteiger charge is -2.18. The zero-order valence-corrected chi connectivity index (χ0v) is 13.3. The number of hydrogen-bond acceptors (Lipinski definition) is 3. The molecule has 0 aromatic carbocycles. The van der Waals surface area contributed by atoms with E-state index in [-0.39, 0.29) is 5.91 Å². The highest BCUT2D eigenvalue weighted by atomic mass is 16.5. The Morgan fingerprint density at radius 1 is 1.36 bits per heavy atom. The number of nitrogens with one attached hydrogen (secondary N) is 1. The van der Waals surface area contributed by atoms with Crippen LogP contribution in [0.5, 0.6) is 0 Å². The molecule has 5 nitrogen and oxygen atoms in total. The van der Waals surface area contributed by atoms with Crippen LogP contribution in [-0.4, -0.2) is 27.9 Å². The molecule has 1 saturated carbocycles. The van der Waals surface area contributed by atoms with E-state index in [2.05, 4.69) is 22.0 Å². The van der Waals surface area contributed by atoms with Crippen molar-refractivity contribution in [3.63, 3.8) is 0 Å². The first-order valence-electron chi connectivity index (χ1n) is 8.70. The number of rotatable bonds is 4. The first-order chi connectivity index (χ1) is 10.7. The SMILES string of the molecule is Cc1c(NC(=O)CC2CC3CCC2O3)cnn1C1CCCC1. The number of aromatic nitrogens is 2. The number of ether oxygens (including phenoxy) is 1. The summed E-state index contributed by atoms with van der Waals surface area (Å²) in [4.78, 5) is 12.3. The largest absolute Gasteiger partial charge is 0.375 e. The lowest BCUT2D eigenvalue weighted by molar-refractivity contribution is -0.117. The second-order valence-electron chi connectivity index (χ2n) is 7.15. The van der Waals surface area contributed by atoms with Gasteiger partial charge in [0.25, 0.3) is 0 Å². The number of hydrogen-bond donors (Lipinski definition) is 1. The van der Waals surface area contributed by atoms with Gasteiger partial charge >= 0.3 is 0 Å². The Morgan fingerprint density at radius 2 is 2.18 bits per heavy atom. The minimum atomic E-state index is 0.107. The zero-order valence-electron chi connectivity index (χ0n) is 13.3. The third kappa shape index (κ3) is 2.56. The molecule has 22 heavy (non-hydrogen) atoms. The van der Waals surface area contributed by atoms with E-state index in [9.17, 15) is 4.79 Å². The van der Waals surface area contributed by atoms with E-state index < -0.39 is 0 Å². The highest BCUT2D eigenvalue weighted by Gasteiger charge is 2.41. The van der Waals surface area contributed by atoms with Gasteiger partial charge in [0.1, 0.15) is 0 Å². The summed E-state index contributed by atoms with van der Waals surface area (Å²) in [7, 11) is 0. The molecule has 0 spiro atoms. The van der Waals surface area contributed by atoms with Gasteiger partial charge in [-0.15, -0.1) is 0 Å². The van der Waals surface area contributed by atoms with Crippen molar-refractivity contribution in [2.24, 2.45) is 5.92 Å². The van der Waals surface area contributed by atoms with E-state index in [1.54, 1.807) is 0 Å². The molecular weight excluding hydrogens is 278 g/mol. The number of amides is 1. The minimum absolute atomic E-state index is 0.107. The third-order valence-corrected chi connectivity index (χ3v) is 5.67. The maximum absolute atomic E-state index is 12.3. The summed E-state index contributed by atoms with van der Waals surface area (Å²) in [5.41, 5.74) is 1.96. The summed E-state index contributed by atoms with van der Waals surface area (Å²) in [5.74, 6) is 0.513. The zero-order chi connectivity index (χ0) is 15.1. The third-order valence-electron chi connectivity index (χ3n) is 5.67. The van der Waals surface area contributed by atoms with Crippen LogP contribution in [0.2, 0.25) is 0 Å². The lowest BCUT2D eigenvalue weighted by Crippen LogP contribution is -2.23. The van der Waals surface area contributed by atoms with Crippen molar-refractivity contribution in [1.29, 1.82) is 0 Å². The van der Waals surface area contributed by atoms with Crippen LogP contribution in [0.3, 0.4) is 0 Å². The molecule has 2 saturated heterocycles. The summed E-state index contributed by atoms with van der Waals surface area (Å²) >= 11 is 0. The molecule has 1 amide bonds. The Bertz CT molecular complexity index is 562. The van der Waals surface area contributed by atoms with Gasteiger partial charge < -0.3 is 10.1 Å². The molecule has 3 fully saturated rings. The monoisotopic (exact) mass is 303 g/mol. The predicted octanol–water partition coefficient (Wildman–Crippen LogP) is 3.20. The van der Waals surface area contributed by atoms with Crippen LogP contribution in [0, 0.1) is 12.8 Å². The Hall–Kier alpha value is -1.36. The van der Waals surface area contributed by atoms with Crippen molar-refractivity contribution in [2.45, 2.75) is 76.5 Å². The number of carbonyl (C=O) groups is 1. The molecule has 120 valence electrons.